The van der Waals surface area contributed by atoms with Crippen molar-refractivity contribution in [2.24, 2.45) is 0 Å². The topological polar surface area (TPSA) is 72.9 Å². The molecule has 4 aromatic carbocycles. The number of hydrogen-bond donors (Lipinski definition) is 1. The van der Waals surface area contributed by atoms with E-state index in [1.165, 1.54) is 6.21 Å². The summed E-state index contributed by atoms with van der Waals surface area (Å²) in [6.45, 7) is 5.48. The minimum absolute atomic E-state index is 0.462. The molecule has 6 heteroatoms. The predicted molar refractivity (Wildman–Crippen MR) is 179 cm³/mol. The zero-order chi connectivity index (χ0) is 30.2. The van der Waals surface area contributed by atoms with Crippen molar-refractivity contribution in [2.75, 3.05) is 0 Å². The second-order valence-electron chi connectivity index (χ2n) is 10.4. The van der Waals surface area contributed by atoms with Gasteiger partial charge in [-0.25, -0.2) is 4.79 Å². The van der Waals surface area contributed by atoms with E-state index in [2.05, 4.69) is 87.4 Å². The number of fused-ring (bicyclic) bond motifs is 4. The van der Waals surface area contributed by atoms with Crippen LogP contribution in [0.5, 0.6) is 5.75 Å². The fourth-order valence-electron chi connectivity index (χ4n) is 5.99. The number of nitrogens with zero attached hydrogens (tertiary/aromatic N) is 3. The highest BCUT2D eigenvalue weighted by atomic mass is 16.5. The minimum Gasteiger partial charge on any atom is -0.423 e. The van der Waals surface area contributed by atoms with Gasteiger partial charge in [0.1, 0.15) is 5.75 Å². The molecule has 212 valence electrons. The van der Waals surface area contributed by atoms with E-state index in [1.54, 1.807) is 12.3 Å². The highest BCUT2D eigenvalue weighted by Gasteiger charge is 2.16. The van der Waals surface area contributed by atoms with Gasteiger partial charge in [0, 0.05) is 57.8 Å². The van der Waals surface area contributed by atoms with Gasteiger partial charge in [-0.1, -0.05) is 55.1 Å². The molecule has 7 aromatic rings. The Morgan fingerprint density at radius 2 is 1.45 bits per heavy atom. The lowest BCUT2D eigenvalue weighted by molar-refractivity contribution is -0.128. The third kappa shape index (κ3) is 4.41. The van der Waals surface area contributed by atoms with Crippen molar-refractivity contribution in [1.29, 1.82) is 5.41 Å². The van der Waals surface area contributed by atoms with E-state index >= 15 is 0 Å². The van der Waals surface area contributed by atoms with Gasteiger partial charge in [-0.3, -0.25) is 4.98 Å². The number of nitrogens with one attached hydrogen (secondary N) is 1. The van der Waals surface area contributed by atoms with Crippen LogP contribution >= 0.6 is 0 Å². The first kappa shape index (κ1) is 26.9. The van der Waals surface area contributed by atoms with Crippen molar-refractivity contribution >= 4 is 51.0 Å². The van der Waals surface area contributed by atoms with Gasteiger partial charge in [0.2, 0.25) is 0 Å². The van der Waals surface area contributed by atoms with E-state index in [0.717, 1.165) is 72.5 Å². The summed E-state index contributed by atoms with van der Waals surface area (Å²) < 4.78 is 9.79. The first-order valence-corrected chi connectivity index (χ1v) is 14.3. The van der Waals surface area contributed by atoms with Crippen molar-refractivity contribution in [2.45, 2.75) is 6.92 Å². The van der Waals surface area contributed by atoms with Gasteiger partial charge < -0.3 is 19.3 Å². The molecule has 0 fully saturated rings. The predicted octanol–water partition coefficient (Wildman–Crippen LogP) is 8.91. The SMILES string of the molecule is C=CC(=O)Oc1ccc2c(c1)c1cnccc1n2-c1ccc(-c2ccc(-n3c(/C=C\C)c(C=N)c4ccccc43)cc2)cc1. The molecule has 1 N–H and O–H groups in total. The van der Waals surface area contributed by atoms with E-state index in [1.807, 2.05) is 49.5 Å². The number of esters is 1. The quantitative estimate of drug-likeness (QED) is 0.0897. The lowest BCUT2D eigenvalue weighted by Gasteiger charge is -2.12. The molecule has 0 spiro atoms. The number of aromatic nitrogens is 3. The number of carbonyl (C=O) groups excluding carboxylic acids is 1. The molecule has 0 saturated carbocycles. The molecule has 0 unspecified atom stereocenters. The maximum absolute atomic E-state index is 11.8. The smallest absolute Gasteiger partial charge is 0.335 e. The van der Waals surface area contributed by atoms with Gasteiger partial charge in [-0.15, -0.1) is 0 Å². The van der Waals surface area contributed by atoms with Crippen LogP contribution in [0.15, 0.2) is 128 Å². The number of carbonyl (C=O) groups is 1. The van der Waals surface area contributed by atoms with Crippen LogP contribution in [0, 0.1) is 5.41 Å². The Balaban J connectivity index is 1.26. The van der Waals surface area contributed by atoms with Gasteiger partial charge in [0.25, 0.3) is 0 Å². The molecule has 0 aliphatic carbocycles. The molecular weight excluding hydrogens is 544 g/mol. The lowest BCUT2D eigenvalue weighted by Crippen LogP contribution is -2.02. The molecule has 0 aliphatic rings. The summed E-state index contributed by atoms with van der Waals surface area (Å²) >= 11 is 0. The Bertz CT molecular complexity index is 2250. The summed E-state index contributed by atoms with van der Waals surface area (Å²) in [5.41, 5.74) is 9.25. The summed E-state index contributed by atoms with van der Waals surface area (Å²) in [6.07, 6.45) is 10.3. The Kier molecular flexibility index (Phi) is 6.72. The Labute approximate surface area is 254 Å². The molecule has 3 aromatic heterocycles. The average Bonchev–Trinajstić information content (AvgIpc) is 3.57. The zero-order valence-corrected chi connectivity index (χ0v) is 24.1. The molecule has 0 atom stereocenters. The van der Waals surface area contributed by atoms with E-state index in [9.17, 15) is 4.79 Å². The largest absolute Gasteiger partial charge is 0.423 e. The molecule has 44 heavy (non-hydrogen) atoms. The second-order valence-corrected chi connectivity index (χ2v) is 10.4. The molecule has 0 bridgehead atoms. The van der Waals surface area contributed by atoms with Crippen molar-refractivity contribution in [1.82, 2.24) is 14.1 Å². The molecule has 7 rings (SSSR count). The third-order valence-corrected chi connectivity index (χ3v) is 7.93. The number of para-hydroxylation sites is 1. The van der Waals surface area contributed by atoms with Gasteiger partial charge in [-0.05, 0) is 78.7 Å². The van der Waals surface area contributed by atoms with Gasteiger partial charge >= 0.3 is 5.97 Å². The van der Waals surface area contributed by atoms with Crippen molar-refractivity contribution in [3.05, 3.63) is 139 Å². The summed E-state index contributed by atoms with van der Waals surface area (Å²) in [7, 11) is 0. The van der Waals surface area contributed by atoms with Crippen LogP contribution in [0.25, 0.3) is 61.3 Å². The summed E-state index contributed by atoms with van der Waals surface area (Å²) in [5, 5.41) is 11.0. The van der Waals surface area contributed by atoms with Gasteiger partial charge in [0.05, 0.1) is 22.2 Å². The average molecular weight is 573 g/mol. The Morgan fingerprint density at radius 1 is 0.795 bits per heavy atom. The molecule has 0 radical (unpaired) electrons. The molecule has 0 aliphatic heterocycles. The monoisotopic (exact) mass is 572 g/mol. The zero-order valence-electron chi connectivity index (χ0n) is 24.1. The molecule has 0 amide bonds. The maximum Gasteiger partial charge on any atom is 0.335 e. The Hall–Kier alpha value is -6.01. The molecule has 6 nitrogen and oxygen atoms in total. The van der Waals surface area contributed by atoms with Crippen LogP contribution in [0.2, 0.25) is 0 Å². The minimum atomic E-state index is -0.495. The number of pyridine rings is 1. The van der Waals surface area contributed by atoms with Crippen molar-refractivity contribution in [3.63, 3.8) is 0 Å². The van der Waals surface area contributed by atoms with E-state index < -0.39 is 5.97 Å². The summed E-state index contributed by atoms with van der Waals surface area (Å²) in [4.78, 5) is 16.1. The lowest BCUT2D eigenvalue weighted by atomic mass is 10.0. The molecule has 0 saturated heterocycles. The van der Waals surface area contributed by atoms with Crippen LogP contribution in [-0.2, 0) is 4.79 Å². The highest BCUT2D eigenvalue weighted by Crippen LogP contribution is 2.35. The van der Waals surface area contributed by atoms with Crippen LogP contribution in [-0.4, -0.2) is 26.3 Å². The number of hydrogen-bond acceptors (Lipinski definition) is 4. The summed E-state index contributed by atoms with van der Waals surface area (Å²) in [5.74, 6) is -0.0326. The van der Waals surface area contributed by atoms with E-state index in [4.69, 9.17) is 10.1 Å². The second kappa shape index (κ2) is 11.0. The van der Waals surface area contributed by atoms with Crippen LogP contribution in [0.3, 0.4) is 0 Å². The van der Waals surface area contributed by atoms with Crippen molar-refractivity contribution in [3.8, 4) is 28.3 Å². The molecular formula is C38H28N4O2. The van der Waals surface area contributed by atoms with Gasteiger partial charge in [-0.2, -0.15) is 0 Å². The Morgan fingerprint density at radius 3 is 2.14 bits per heavy atom. The van der Waals surface area contributed by atoms with Gasteiger partial charge in [0.15, 0.2) is 0 Å². The van der Waals surface area contributed by atoms with E-state index in [0.29, 0.717) is 5.75 Å². The fourth-order valence-corrected chi connectivity index (χ4v) is 5.99. The maximum atomic E-state index is 11.8. The number of rotatable bonds is 7. The highest BCUT2D eigenvalue weighted by molar-refractivity contribution is 6.09. The standard InChI is InChI=1S/C38H28N4O2/c1-3-7-34-32(23-39)30-8-5-6-9-35(30)41(34)27-14-10-25(11-15-27)26-12-16-28(17-13-26)42-36-19-18-29(44-38(43)4-2)22-31(36)33-24-40-21-20-37(33)42/h3-24,39H,2H2,1H3/b7-3-,39-23?. The normalized spacial score (nSPS) is 11.5. The first-order chi connectivity index (χ1) is 21.6. The third-order valence-electron chi connectivity index (χ3n) is 7.93. The number of benzene rings is 4. The van der Waals surface area contributed by atoms with Crippen LogP contribution in [0.1, 0.15) is 18.2 Å². The van der Waals surface area contributed by atoms with Crippen molar-refractivity contribution < 1.29 is 9.53 Å². The number of allylic oxidation sites excluding steroid dienone is 1. The summed E-state index contributed by atoms with van der Waals surface area (Å²) in [6, 6.07) is 32.9. The molecule has 3 heterocycles. The van der Waals surface area contributed by atoms with Crippen LogP contribution in [0.4, 0.5) is 0 Å². The van der Waals surface area contributed by atoms with E-state index in [-0.39, 0.29) is 0 Å². The van der Waals surface area contributed by atoms with Crippen LogP contribution < -0.4 is 4.74 Å². The fraction of sp³-hybridized carbons (Fsp3) is 0.0263. The first-order valence-electron chi connectivity index (χ1n) is 14.3. The number of ether oxygens (including phenoxy) is 1.